The Hall–Kier alpha value is -2.89. The molecule has 2 aliphatic rings. The minimum Gasteiger partial charge on any atom is -0.481 e. The molecule has 12 heteroatoms. The molecule has 2 N–H and O–H groups in total. The lowest BCUT2D eigenvalue weighted by Crippen LogP contribution is -2.60. The molecule has 34 heavy (non-hydrogen) atoms. The van der Waals surface area contributed by atoms with Crippen LogP contribution in [-0.2, 0) is 14.3 Å². The Labute approximate surface area is 202 Å². The summed E-state index contributed by atoms with van der Waals surface area (Å²) in [6.07, 6.45) is 1.01. The number of likely N-dealkylation sites (tertiary alicyclic amines) is 1. The van der Waals surface area contributed by atoms with Crippen molar-refractivity contribution in [2.45, 2.75) is 25.1 Å². The van der Waals surface area contributed by atoms with E-state index in [-0.39, 0.29) is 36.8 Å². The van der Waals surface area contributed by atoms with Gasteiger partial charge in [-0.3, -0.25) is 14.7 Å². The molecule has 3 heterocycles. The highest BCUT2D eigenvalue weighted by molar-refractivity contribution is 7.11. The van der Waals surface area contributed by atoms with Crippen LogP contribution in [0.3, 0.4) is 0 Å². The van der Waals surface area contributed by atoms with Crippen LogP contribution in [0.5, 0.6) is 0 Å². The van der Waals surface area contributed by atoms with Crippen molar-refractivity contribution in [1.82, 2.24) is 15.2 Å². The summed E-state index contributed by atoms with van der Waals surface area (Å²) in [7, 11) is 0. The molecule has 0 amide bonds. The van der Waals surface area contributed by atoms with E-state index in [1.807, 2.05) is 0 Å². The van der Waals surface area contributed by atoms with Crippen molar-refractivity contribution in [2.24, 2.45) is 4.99 Å². The quantitative estimate of drug-likeness (QED) is 0.525. The number of carbonyl (C=O) groups is 2. The summed E-state index contributed by atoms with van der Waals surface area (Å²) >= 11 is 7.65. The molecule has 1 aromatic heterocycles. The van der Waals surface area contributed by atoms with Gasteiger partial charge in [0, 0.05) is 47.5 Å². The van der Waals surface area contributed by atoms with Gasteiger partial charge in [0.25, 0.3) is 0 Å². The van der Waals surface area contributed by atoms with Crippen LogP contribution in [0.2, 0.25) is 5.02 Å². The van der Waals surface area contributed by atoms with Crippen molar-refractivity contribution >= 4 is 40.7 Å². The SMILES string of the molecule is CCOC(=O)C1=C(CN2CC(F)(CC(=O)O)C2)NC(c2nccs2)=NC1c1ccc(F)cc1Cl. The van der Waals surface area contributed by atoms with Gasteiger partial charge in [0.05, 0.1) is 18.6 Å². The Morgan fingerprint density at radius 2 is 2.18 bits per heavy atom. The number of hydrogen-bond donors (Lipinski definition) is 2. The Morgan fingerprint density at radius 3 is 2.79 bits per heavy atom. The van der Waals surface area contributed by atoms with Crippen molar-refractivity contribution in [3.63, 3.8) is 0 Å². The molecule has 1 atom stereocenters. The average molecular weight is 511 g/mol. The van der Waals surface area contributed by atoms with Gasteiger partial charge in [0.1, 0.15) is 17.5 Å². The Balaban J connectivity index is 1.74. The van der Waals surface area contributed by atoms with Crippen LogP contribution in [0.15, 0.2) is 46.0 Å². The largest absolute Gasteiger partial charge is 0.481 e. The fourth-order valence-corrected chi connectivity index (χ4v) is 4.90. The van der Waals surface area contributed by atoms with Crippen LogP contribution in [0.1, 0.15) is 30.0 Å². The fraction of sp³-hybridized carbons (Fsp3) is 0.364. The highest BCUT2D eigenvalue weighted by Gasteiger charge is 2.46. The first-order valence-electron chi connectivity index (χ1n) is 10.4. The third kappa shape index (κ3) is 5.11. The average Bonchev–Trinajstić information content (AvgIpc) is 3.26. The molecule has 1 fully saturated rings. The third-order valence-electron chi connectivity index (χ3n) is 5.38. The lowest BCUT2D eigenvalue weighted by Gasteiger charge is -2.44. The minimum absolute atomic E-state index is 0.0865. The predicted octanol–water partition coefficient (Wildman–Crippen LogP) is 3.34. The molecule has 8 nitrogen and oxygen atoms in total. The number of nitrogens with one attached hydrogen (secondary N) is 1. The summed E-state index contributed by atoms with van der Waals surface area (Å²) in [5, 5.41) is 14.5. The molecule has 0 aliphatic carbocycles. The Morgan fingerprint density at radius 1 is 1.41 bits per heavy atom. The smallest absolute Gasteiger partial charge is 0.338 e. The lowest BCUT2D eigenvalue weighted by molar-refractivity contribution is -0.144. The molecule has 0 bridgehead atoms. The first-order chi connectivity index (χ1) is 16.2. The van der Waals surface area contributed by atoms with Gasteiger partial charge < -0.3 is 15.2 Å². The van der Waals surface area contributed by atoms with Crippen LogP contribution in [0, 0.1) is 5.82 Å². The minimum atomic E-state index is -1.84. The van der Waals surface area contributed by atoms with Crippen molar-refractivity contribution in [2.75, 3.05) is 26.2 Å². The molecular weight excluding hydrogens is 490 g/mol. The van der Waals surface area contributed by atoms with Gasteiger partial charge in [0.2, 0.25) is 0 Å². The maximum Gasteiger partial charge on any atom is 0.338 e. The number of aromatic nitrogens is 1. The van der Waals surface area contributed by atoms with Crippen LogP contribution in [0.25, 0.3) is 0 Å². The molecule has 1 saturated heterocycles. The maximum atomic E-state index is 14.6. The number of carbonyl (C=O) groups excluding carboxylic acids is 1. The van der Waals surface area contributed by atoms with Crippen LogP contribution in [0.4, 0.5) is 8.78 Å². The number of halogens is 3. The molecule has 180 valence electrons. The number of benzene rings is 1. The normalized spacial score (nSPS) is 19.8. The number of carboxylic acids is 1. The van der Waals surface area contributed by atoms with E-state index in [1.54, 1.807) is 23.4 Å². The van der Waals surface area contributed by atoms with E-state index in [0.29, 0.717) is 22.1 Å². The zero-order valence-corrected chi connectivity index (χ0v) is 19.6. The second-order valence-corrected chi connectivity index (χ2v) is 9.29. The first-order valence-corrected chi connectivity index (χ1v) is 11.7. The number of alkyl halides is 1. The van der Waals surface area contributed by atoms with Crippen LogP contribution >= 0.6 is 22.9 Å². The Kier molecular flexibility index (Phi) is 6.96. The number of thiazole rings is 1. The molecule has 0 spiro atoms. The van der Waals surface area contributed by atoms with Crippen LogP contribution in [-0.4, -0.2) is 64.7 Å². The number of ether oxygens (including phenoxy) is 1. The van der Waals surface area contributed by atoms with Crippen molar-refractivity contribution < 1.29 is 28.2 Å². The number of aliphatic carboxylic acids is 1. The molecule has 0 radical (unpaired) electrons. The van der Waals surface area contributed by atoms with Crippen molar-refractivity contribution in [1.29, 1.82) is 0 Å². The van der Waals surface area contributed by atoms with E-state index in [9.17, 15) is 18.4 Å². The number of amidine groups is 1. The predicted molar refractivity (Wildman–Crippen MR) is 122 cm³/mol. The Bertz CT molecular complexity index is 1170. The third-order valence-corrected chi connectivity index (χ3v) is 6.48. The van der Waals surface area contributed by atoms with Gasteiger partial charge in [-0.1, -0.05) is 17.7 Å². The molecule has 0 saturated carbocycles. The molecule has 2 aliphatic heterocycles. The van der Waals surface area contributed by atoms with Crippen molar-refractivity contribution in [3.05, 3.63) is 62.5 Å². The molecule has 2 aromatic rings. The topological polar surface area (TPSA) is 104 Å². The summed E-state index contributed by atoms with van der Waals surface area (Å²) in [6, 6.07) is 2.90. The van der Waals surface area contributed by atoms with E-state index in [0.717, 1.165) is 6.07 Å². The molecule has 1 unspecified atom stereocenters. The van der Waals surface area contributed by atoms with Gasteiger partial charge in [-0.2, -0.15) is 0 Å². The second-order valence-electron chi connectivity index (χ2n) is 7.99. The van der Waals surface area contributed by atoms with E-state index >= 15 is 0 Å². The number of nitrogens with zero attached hydrogens (tertiary/aromatic N) is 3. The summed E-state index contributed by atoms with van der Waals surface area (Å²) in [4.78, 5) is 34.6. The zero-order valence-electron chi connectivity index (χ0n) is 18.1. The summed E-state index contributed by atoms with van der Waals surface area (Å²) in [5.74, 6) is -2.02. The molecule has 4 rings (SSSR count). The van der Waals surface area contributed by atoms with Gasteiger partial charge >= 0.3 is 11.9 Å². The zero-order chi connectivity index (χ0) is 24.5. The highest BCUT2D eigenvalue weighted by atomic mass is 35.5. The lowest BCUT2D eigenvalue weighted by atomic mass is 9.91. The standard InChI is InChI=1S/C22H21ClF2N4O4S/c1-2-33-21(32)17-15(9-29-10-22(25,11-29)8-16(30)31)27-19(20-26-5-6-34-20)28-18(17)13-4-3-12(24)7-14(13)23/h3-7,18H,2,8-11H2,1H3,(H,27,28)(H,30,31). The molecular formula is C22H21ClF2N4O4S. The summed E-state index contributed by atoms with van der Waals surface area (Å²) in [5.41, 5.74) is -0.878. The fourth-order valence-electron chi connectivity index (χ4n) is 4.04. The first kappa shape index (κ1) is 24.2. The maximum absolute atomic E-state index is 14.6. The van der Waals surface area contributed by atoms with Gasteiger partial charge in [-0.15, -0.1) is 11.3 Å². The second kappa shape index (κ2) is 9.77. The van der Waals surface area contributed by atoms with E-state index in [4.69, 9.17) is 21.4 Å². The van der Waals surface area contributed by atoms with Crippen LogP contribution < -0.4 is 5.32 Å². The van der Waals surface area contributed by atoms with E-state index < -0.39 is 35.9 Å². The number of carboxylic acid groups (broad SMARTS) is 1. The van der Waals surface area contributed by atoms with Gasteiger partial charge in [-0.25, -0.2) is 18.6 Å². The number of rotatable bonds is 8. The van der Waals surface area contributed by atoms with Gasteiger partial charge in [0.15, 0.2) is 10.8 Å². The van der Waals surface area contributed by atoms with Crippen molar-refractivity contribution in [3.8, 4) is 0 Å². The number of esters is 1. The molecule has 1 aromatic carbocycles. The number of hydrogen-bond acceptors (Lipinski definition) is 8. The summed E-state index contributed by atoms with van der Waals surface area (Å²) in [6.45, 7) is 1.67. The van der Waals surface area contributed by atoms with Gasteiger partial charge in [-0.05, 0) is 19.1 Å². The summed E-state index contributed by atoms with van der Waals surface area (Å²) < 4.78 is 33.6. The number of aliphatic imine (C=N–C) groups is 1. The highest BCUT2D eigenvalue weighted by Crippen LogP contribution is 2.38. The van der Waals surface area contributed by atoms with E-state index in [1.165, 1.54) is 23.5 Å². The monoisotopic (exact) mass is 510 g/mol. The van der Waals surface area contributed by atoms with E-state index in [2.05, 4.69) is 15.3 Å².